The second-order valence-electron chi connectivity index (χ2n) is 40.9. The van der Waals surface area contributed by atoms with Crippen LogP contribution in [0.1, 0.15) is 201 Å². The van der Waals surface area contributed by atoms with Gasteiger partial charge < -0.3 is 23.5 Å². The van der Waals surface area contributed by atoms with E-state index < -0.39 is 60.5 Å². The minimum Gasteiger partial charge on any atom is -0.310 e. The molecule has 0 bridgehead atoms. The standard InChI is InChI=1S/C113H109BN6/c1-107(2,3)73-44-51-97-86(59-73)87-60-74(108(4,5)6)45-52-98(87)116(97)80-48-50-92-102(65-80)120(106-84(69-33-24-22-25-34-69)63-79(113(19,20)21)64-85(106)70-35-26-23-27-36-70)104-67-81(117-93-39-30-28-37-82(93)83-38-29-31-40-94(83)117)66-103-105(104)114(92)91-49-43-71(72-55-77(111(13,14)15)58-78(56-72)112(16,17)18)57-101(91)119(103)96-42-32-41-95(90(96)68-115)118-99-53-46-75(109(7,8)9)61-88(99)89-62-76(110(10,11)12)47-54-100(89)118/h22-67H,1-21H3/i28D,29D,30D,31D,37D,38D,39D,40D. The highest BCUT2D eigenvalue weighted by Crippen LogP contribution is 2.55. The monoisotopic (exact) mass is 1570 g/mol. The number of aromatic nitrogens is 3. The smallest absolute Gasteiger partial charge is 0.252 e. The number of nitrogens with zero attached hydrogens (tertiary/aromatic N) is 6. The van der Waals surface area contributed by atoms with Gasteiger partial charge in [0.1, 0.15) is 11.6 Å². The lowest BCUT2D eigenvalue weighted by Crippen LogP contribution is -2.61. The van der Waals surface area contributed by atoms with E-state index in [1.54, 1.807) is 4.57 Å². The molecule has 0 saturated heterocycles. The summed E-state index contributed by atoms with van der Waals surface area (Å²) in [5.74, 6) is 0. The number of para-hydroxylation sites is 2. The average molecular weight is 1570 g/mol. The summed E-state index contributed by atoms with van der Waals surface area (Å²) < 4.78 is 85.3. The van der Waals surface area contributed by atoms with Crippen LogP contribution in [0.25, 0.3) is 116 Å². The van der Waals surface area contributed by atoms with Crippen molar-refractivity contribution in [1.29, 1.82) is 5.26 Å². The molecule has 120 heavy (non-hydrogen) atoms. The third kappa shape index (κ3) is 12.7. The summed E-state index contributed by atoms with van der Waals surface area (Å²) in [6, 6.07) is 83.7. The number of hydrogen-bond donors (Lipinski definition) is 0. The Balaban J connectivity index is 1.04. The maximum absolute atomic E-state index is 13.0. The molecule has 6 nitrogen and oxygen atoms in total. The van der Waals surface area contributed by atoms with Crippen molar-refractivity contribution in [1.82, 2.24) is 13.7 Å². The van der Waals surface area contributed by atoms with Crippen LogP contribution >= 0.6 is 0 Å². The number of anilines is 6. The highest BCUT2D eigenvalue weighted by atomic mass is 15.2. The number of nitriles is 1. The predicted molar refractivity (Wildman–Crippen MR) is 515 cm³/mol. The molecule has 0 saturated carbocycles. The molecule has 0 fully saturated rings. The van der Waals surface area contributed by atoms with Gasteiger partial charge in [0.05, 0.1) is 66.8 Å². The van der Waals surface area contributed by atoms with Crippen molar-refractivity contribution in [3.05, 3.63) is 323 Å². The van der Waals surface area contributed by atoms with Crippen LogP contribution in [0.3, 0.4) is 0 Å². The minimum absolute atomic E-state index is 0.0273. The van der Waals surface area contributed by atoms with E-state index in [0.29, 0.717) is 34.0 Å². The molecule has 2 aliphatic heterocycles. The number of hydrogen-bond acceptors (Lipinski definition) is 3. The summed E-state index contributed by atoms with van der Waals surface area (Å²) in [5.41, 5.74) is 25.4. The van der Waals surface area contributed by atoms with Crippen LogP contribution in [-0.2, 0) is 37.9 Å². The van der Waals surface area contributed by atoms with Crippen LogP contribution in [0.15, 0.2) is 279 Å². The fourth-order valence-corrected chi connectivity index (χ4v) is 18.7. The van der Waals surface area contributed by atoms with Crippen molar-refractivity contribution in [2.75, 3.05) is 9.80 Å². The van der Waals surface area contributed by atoms with E-state index in [2.05, 4.69) is 401 Å². The molecule has 0 N–H and O–H groups in total. The molecule has 0 amide bonds. The third-order valence-electron chi connectivity index (χ3n) is 25.6. The Morgan fingerprint density at radius 2 is 0.658 bits per heavy atom. The molecule has 0 unspecified atom stereocenters. The van der Waals surface area contributed by atoms with Gasteiger partial charge in [-0.1, -0.05) is 309 Å². The number of fused-ring (bicyclic) bond motifs is 13. The SMILES string of the molecule is [2H]c1c([2H])c([2H])c2c(c1[2H])c1c([2H])c([2H])c([2H])c([2H])c1n2-c1cc2c3c(c1)N(c1c(-c4ccccc4)cc(C(C)(C)C)cc1-c1ccccc1)c1cc(-n4c5ccc(C(C)(C)C)cc5c5cc(C(C)(C)C)ccc54)ccc1B3c1ccc(-c3cc(C(C)(C)C)cc(C(C)(C)C)c3)cc1N2c1cccc(-n2c3ccc(C(C)(C)C)cc3c3cc(C(C)(C)C)ccc32)c1C#N. The fraction of sp³-hybridized carbons (Fsp3) is 0.248. The zero-order valence-electron chi connectivity index (χ0n) is 81.2. The quantitative estimate of drug-likeness (QED) is 0.142. The Hall–Kier alpha value is -12.4. The Kier molecular flexibility index (Phi) is 15.6. The van der Waals surface area contributed by atoms with Crippen LogP contribution in [0, 0.1) is 11.3 Å². The average Bonchev–Trinajstić information content (AvgIpc) is 1.01. The van der Waals surface area contributed by atoms with Crippen LogP contribution in [0.5, 0.6) is 0 Å². The van der Waals surface area contributed by atoms with Gasteiger partial charge in [0.2, 0.25) is 0 Å². The highest BCUT2D eigenvalue weighted by molar-refractivity contribution is 7.00. The lowest BCUT2D eigenvalue weighted by Gasteiger charge is -2.45. The summed E-state index contributed by atoms with van der Waals surface area (Å²) in [5, 5.41) is 17.3. The van der Waals surface area contributed by atoms with E-state index in [-0.39, 0.29) is 54.3 Å². The van der Waals surface area contributed by atoms with Gasteiger partial charge in [-0.3, -0.25) is 0 Å². The first kappa shape index (κ1) is 68.5. The van der Waals surface area contributed by atoms with Crippen molar-refractivity contribution in [2.24, 2.45) is 0 Å². The first-order valence-corrected chi connectivity index (χ1v) is 42.5. The molecule has 0 radical (unpaired) electrons. The first-order chi connectivity index (χ1) is 60.2. The van der Waals surface area contributed by atoms with Crippen molar-refractivity contribution in [3.8, 4) is 56.5 Å². The first-order valence-electron chi connectivity index (χ1n) is 46.5. The van der Waals surface area contributed by atoms with Crippen LogP contribution in [-0.4, -0.2) is 20.4 Å². The van der Waals surface area contributed by atoms with Gasteiger partial charge in [0.25, 0.3) is 6.71 Å². The summed E-state index contributed by atoms with van der Waals surface area (Å²) >= 11 is 0. The maximum Gasteiger partial charge on any atom is 0.252 e. The molecule has 19 rings (SSSR count). The molecule has 0 aliphatic carbocycles. The van der Waals surface area contributed by atoms with Crippen LogP contribution < -0.4 is 26.2 Å². The molecule has 3 aromatic heterocycles. The highest BCUT2D eigenvalue weighted by Gasteiger charge is 2.47. The molecule has 7 heteroatoms. The van der Waals surface area contributed by atoms with Crippen molar-refractivity contribution < 1.29 is 11.0 Å². The minimum atomic E-state index is -0.621. The maximum atomic E-state index is 13.0. The lowest BCUT2D eigenvalue weighted by atomic mass is 9.33. The van der Waals surface area contributed by atoms with Gasteiger partial charge in [0, 0.05) is 71.9 Å². The van der Waals surface area contributed by atoms with Gasteiger partial charge in [0.15, 0.2) is 0 Å². The van der Waals surface area contributed by atoms with Gasteiger partial charge in [-0.25, -0.2) is 0 Å². The molecular formula is C113H109BN6. The van der Waals surface area contributed by atoms with E-state index in [4.69, 9.17) is 0 Å². The Morgan fingerprint density at radius 3 is 1.10 bits per heavy atom. The third-order valence-corrected chi connectivity index (χ3v) is 25.6. The fourth-order valence-electron chi connectivity index (χ4n) is 18.7. The summed E-state index contributed by atoms with van der Waals surface area (Å²) in [6.45, 7) is 46.8. The van der Waals surface area contributed by atoms with Crippen molar-refractivity contribution in [3.63, 3.8) is 0 Å². The van der Waals surface area contributed by atoms with E-state index in [1.165, 1.54) is 33.4 Å². The van der Waals surface area contributed by atoms with Gasteiger partial charge in [-0.15, -0.1) is 0 Å². The van der Waals surface area contributed by atoms with Gasteiger partial charge in [-0.05, 0) is 231 Å². The van der Waals surface area contributed by atoms with E-state index in [0.717, 1.165) is 122 Å². The van der Waals surface area contributed by atoms with Gasteiger partial charge >= 0.3 is 0 Å². The molecule has 2 aliphatic rings. The normalized spacial score (nSPS) is 14.4. The van der Waals surface area contributed by atoms with Gasteiger partial charge in [-0.2, -0.15) is 5.26 Å². The Bertz CT molecular complexity index is 7350. The second-order valence-corrected chi connectivity index (χ2v) is 40.9. The van der Waals surface area contributed by atoms with Crippen LogP contribution in [0.2, 0.25) is 0 Å². The Morgan fingerprint density at radius 1 is 0.275 bits per heavy atom. The molecule has 594 valence electrons. The van der Waals surface area contributed by atoms with Crippen molar-refractivity contribution in [2.45, 2.75) is 183 Å². The zero-order valence-corrected chi connectivity index (χ0v) is 73.2. The number of benzene rings is 14. The van der Waals surface area contributed by atoms with E-state index in [1.807, 2.05) is 0 Å². The molecule has 17 aromatic rings. The topological polar surface area (TPSA) is 45.1 Å². The summed E-state index contributed by atoms with van der Waals surface area (Å²) in [4.78, 5) is 4.71. The molecule has 0 atom stereocenters. The summed E-state index contributed by atoms with van der Waals surface area (Å²) in [7, 11) is 0. The zero-order chi connectivity index (χ0) is 91.1. The summed E-state index contributed by atoms with van der Waals surface area (Å²) in [6.07, 6.45) is 0. The lowest BCUT2D eigenvalue weighted by molar-refractivity contribution is 0.569. The molecule has 5 heterocycles. The largest absolute Gasteiger partial charge is 0.310 e. The second kappa shape index (κ2) is 27.3. The molecule has 14 aromatic carbocycles. The molecular weight excluding hydrogens is 1450 g/mol. The predicted octanol–water partition coefficient (Wildman–Crippen LogP) is 29.0. The van der Waals surface area contributed by atoms with Crippen molar-refractivity contribution >= 4 is 123 Å². The number of rotatable bonds is 8. The van der Waals surface area contributed by atoms with Crippen LogP contribution in [0.4, 0.5) is 34.1 Å². The molecule has 0 spiro atoms. The Labute approximate surface area is 721 Å². The van der Waals surface area contributed by atoms with E-state index in [9.17, 15) is 16.2 Å². The van der Waals surface area contributed by atoms with E-state index >= 15 is 0 Å².